The lowest BCUT2D eigenvalue weighted by Crippen LogP contribution is -2.09. The van der Waals surface area contributed by atoms with Crippen molar-refractivity contribution in [2.24, 2.45) is 0 Å². The first-order valence-corrected chi connectivity index (χ1v) is 9.25. The summed E-state index contributed by atoms with van der Waals surface area (Å²) < 4.78 is 5.86. The number of ether oxygens (including phenoxy) is 1. The number of hydrogen-bond donors (Lipinski definition) is 2. The van der Waals surface area contributed by atoms with E-state index in [9.17, 15) is 0 Å². The van der Waals surface area contributed by atoms with E-state index in [0.717, 1.165) is 27.7 Å². The fourth-order valence-corrected chi connectivity index (χ4v) is 2.79. The molecule has 3 aromatic rings. The molecule has 0 radical (unpaired) electrons. The van der Waals surface area contributed by atoms with Crippen molar-refractivity contribution in [1.29, 1.82) is 0 Å². The highest BCUT2D eigenvalue weighted by atomic mass is 35.5. The number of nitrogens with zero attached hydrogens (tertiary/aromatic N) is 2. The second-order valence-corrected chi connectivity index (χ2v) is 6.86. The van der Waals surface area contributed by atoms with Gasteiger partial charge in [0.15, 0.2) is 0 Å². The van der Waals surface area contributed by atoms with Crippen molar-refractivity contribution in [2.45, 2.75) is 33.4 Å². The molecular formula is C21H23ClN4O. The lowest BCUT2D eigenvalue weighted by molar-refractivity contribution is 0.244. The van der Waals surface area contributed by atoms with Gasteiger partial charge in [0.05, 0.1) is 11.8 Å². The van der Waals surface area contributed by atoms with Gasteiger partial charge in [-0.15, -0.1) is 0 Å². The number of aromatic nitrogens is 2. The summed E-state index contributed by atoms with van der Waals surface area (Å²) in [5.41, 5.74) is 2.72. The maximum Gasteiger partial charge on any atom is 0.225 e. The van der Waals surface area contributed by atoms with Gasteiger partial charge in [0.1, 0.15) is 11.6 Å². The van der Waals surface area contributed by atoms with Crippen molar-refractivity contribution in [3.05, 3.63) is 70.9 Å². The van der Waals surface area contributed by atoms with Crippen molar-refractivity contribution in [2.75, 3.05) is 10.6 Å². The van der Waals surface area contributed by atoms with E-state index in [2.05, 4.69) is 20.6 Å². The first-order chi connectivity index (χ1) is 13.0. The molecular weight excluding hydrogens is 360 g/mol. The number of rotatable bonds is 7. The zero-order valence-corrected chi connectivity index (χ0v) is 16.4. The molecule has 0 aliphatic carbocycles. The van der Waals surface area contributed by atoms with Crippen LogP contribution in [0, 0.1) is 6.92 Å². The van der Waals surface area contributed by atoms with Crippen LogP contribution < -0.4 is 15.4 Å². The molecule has 0 atom stereocenters. The molecule has 1 aromatic heterocycles. The molecule has 2 N–H and O–H groups in total. The summed E-state index contributed by atoms with van der Waals surface area (Å²) in [4.78, 5) is 9.02. The number of nitrogens with one attached hydrogen (secondary N) is 2. The molecule has 6 heteroatoms. The number of para-hydroxylation sites is 2. The monoisotopic (exact) mass is 382 g/mol. The van der Waals surface area contributed by atoms with Gasteiger partial charge in [-0.1, -0.05) is 41.9 Å². The molecule has 0 bridgehead atoms. The first kappa shape index (κ1) is 19.0. The van der Waals surface area contributed by atoms with E-state index in [1.807, 2.05) is 75.4 Å². The van der Waals surface area contributed by atoms with Gasteiger partial charge < -0.3 is 15.4 Å². The molecule has 27 heavy (non-hydrogen) atoms. The van der Waals surface area contributed by atoms with Crippen molar-refractivity contribution in [3.63, 3.8) is 0 Å². The van der Waals surface area contributed by atoms with Crippen LogP contribution in [0.2, 0.25) is 5.02 Å². The maximum absolute atomic E-state index is 6.21. The van der Waals surface area contributed by atoms with Crippen LogP contribution in [0.4, 0.5) is 17.5 Å². The molecule has 140 valence electrons. The predicted molar refractivity (Wildman–Crippen MR) is 111 cm³/mol. The SMILES string of the molecule is Cc1cc(Nc2ccccc2OC(C)C)nc(NCc2ccccc2Cl)n1. The first-order valence-electron chi connectivity index (χ1n) is 8.87. The normalized spacial score (nSPS) is 10.7. The summed E-state index contributed by atoms with van der Waals surface area (Å²) in [6, 6.07) is 17.4. The minimum Gasteiger partial charge on any atom is -0.489 e. The third-order valence-corrected chi connectivity index (χ3v) is 4.13. The van der Waals surface area contributed by atoms with Crippen molar-refractivity contribution >= 4 is 29.1 Å². The Morgan fingerprint density at radius 2 is 1.78 bits per heavy atom. The summed E-state index contributed by atoms with van der Waals surface area (Å²) in [5, 5.41) is 7.28. The second kappa shape index (κ2) is 8.73. The molecule has 0 amide bonds. The van der Waals surface area contributed by atoms with Crippen LogP contribution in [-0.4, -0.2) is 16.1 Å². The Kier molecular flexibility index (Phi) is 6.14. The van der Waals surface area contributed by atoms with Crippen LogP contribution in [-0.2, 0) is 6.54 Å². The van der Waals surface area contributed by atoms with E-state index in [1.54, 1.807) is 0 Å². The Bertz CT molecular complexity index is 914. The van der Waals surface area contributed by atoms with E-state index in [1.165, 1.54) is 0 Å². The standard InChI is InChI=1S/C21H23ClN4O/c1-14(2)27-19-11-7-6-10-18(19)25-20-12-15(3)24-21(26-20)23-13-16-8-4-5-9-17(16)22/h4-12,14H,13H2,1-3H3,(H2,23,24,25,26). The van der Waals surface area contributed by atoms with E-state index in [-0.39, 0.29) is 6.10 Å². The fraction of sp³-hybridized carbons (Fsp3) is 0.238. The smallest absolute Gasteiger partial charge is 0.225 e. The summed E-state index contributed by atoms with van der Waals surface area (Å²) in [7, 11) is 0. The Balaban J connectivity index is 1.77. The average Bonchev–Trinajstić information content (AvgIpc) is 2.62. The molecule has 0 spiro atoms. The summed E-state index contributed by atoms with van der Waals surface area (Å²) in [6.45, 7) is 6.49. The van der Waals surface area contributed by atoms with Crippen molar-refractivity contribution in [1.82, 2.24) is 9.97 Å². The molecule has 0 aliphatic heterocycles. The summed E-state index contributed by atoms with van der Waals surface area (Å²) >= 11 is 6.21. The van der Waals surface area contributed by atoms with E-state index in [4.69, 9.17) is 16.3 Å². The van der Waals surface area contributed by atoms with E-state index < -0.39 is 0 Å². The minimum atomic E-state index is 0.0907. The lowest BCUT2D eigenvalue weighted by Gasteiger charge is -2.16. The topological polar surface area (TPSA) is 59.1 Å². The highest BCUT2D eigenvalue weighted by molar-refractivity contribution is 6.31. The quantitative estimate of drug-likeness (QED) is 0.558. The van der Waals surface area contributed by atoms with Crippen molar-refractivity contribution < 1.29 is 4.74 Å². The molecule has 0 saturated heterocycles. The zero-order chi connectivity index (χ0) is 19.2. The predicted octanol–water partition coefficient (Wildman–Crippen LogP) is 5.58. The van der Waals surface area contributed by atoms with Gasteiger partial charge in [0, 0.05) is 23.3 Å². The minimum absolute atomic E-state index is 0.0907. The molecule has 0 saturated carbocycles. The lowest BCUT2D eigenvalue weighted by atomic mass is 10.2. The Labute approximate surface area is 164 Å². The fourth-order valence-electron chi connectivity index (χ4n) is 2.59. The molecule has 3 rings (SSSR count). The number of hydrogen-bond acceptors (Lipinski definition) is 5. The van der Waals surface area contributed by atoms with Gasteiger partial charge in [0.25, 0.3) is 0 Å². The van der Waals surface area contributed by atoms with Crippen LogP contribution in [0.15, 0.2) is 54.6 Å². The number of benzene rings is 2. The summed E-state index contributed by atoms with van der Waals surface area (Å²) in [6.07, 6.45) is 0.0907. The maximum atomic E-state index is 6.21. The largest absolute Gasteiger partial charge is 0.489 e. The van der Waals surface area contributed by atoms with Gasteiger partial charge >= 0.3 is 0 Å². The van der Waals surface area contributed by atoms with Crippen LogP contribution in [0.1, 0.15) is 25.1 Å². The molecule has 5 nitrogen and oxygen atoms in total. The van der Waals surface area contributed by atoms with Crippen molar-refractivity contribution in [3.8, 4) is 5.75 Å². The van der Waals surface area contributed by atoms with Gasteiger partial charge in [-0.05, 0) is 44.5 Å². The Hall–Kier alpha value is -2.79. The van der Waals surface area contributed by atoms with Crippen LogP contribution in [0.3, 0.4) is 0 Å². The number of halogens is 1. The molecule has 0 unspecified atom stereocenters. The Morgan fingerprint density at radius 1 is 1.04 bits per heavy atom. The van der Waals surface area contributed by atoms with E-state index in [0.29, 0.717) is 18.3 Å². The Morgan fingerprint density at radius 3 is 2.56 bits per heavy atom. The molecule has 1 heterocycles. The van der Waals surface area contributed by atoms with Gasteiger partial charge in [-0.25, -0.2) is 4.98 Å². The van der Waals surface area contributed by atoms with Gasteiger partial charge in [-0.2, -0.15) is 4.98 Å². The third-order valence-electron chi connectivity index (χ3n) is 3.76. The molecule has 0 aliphatic rings. The van der Waals surface area contributed by atoms with Gasteiger partial charge in [-0.3, -0.25) is 0 Å². The third kappa shape index (κ3) is 5.34. The number of aryl methyl sites for hydroxylation is 1. The van der Waals surface area contributed by atoms with Crippen LogP contribution in [0.25, 0.3) is 0 Å². The number of anilines is 3. The van der Waals surface area contributed by atoms with Gasteiger partial charge in [0.2, 0.25) is 5.95 Å². The zero-order valence-electron chi connectivity index (χ0n) is 15.7. The molecule has 2 aromatic carbocycles. The highest BCUT2D eigenvalue weighted by Gasteiger charge is 2.08. The highest BCUT2D eigenvalue weighted by Crippen LogP contribution is 2.28. The van der Waals surface area contributed by atoms with Crippen LogP contribution in [0.5, 0.6) is 5.75 Å². The average molecular weight is 383 g/mol. The van der Waals surface area contributed by atoms with E-state index >= 15 is 0 Å². The van der Waals surface area contributed by atoms with Crippen LogP contribution >= 0.6 is 11.6 Å². The molecule has 0 fully saturated rings. The summed E-state index contributed by atoms with van der Waals surface area (Å²) in [5.74, 6) is 2.03. The second-order valence-electron chi connectivity index (χ2n) is 6.45.